The number of benzene rings is 1. The van der Waals surface area contributed by atoms with Gasteiger partial charge in [0, 0.05) is 34.1 Å². The fourth-order valence-corrected chi connectivity index (χ4v) is 5.10. The highest BCUT2D eigenvalue weighted by Gasteiger charge is 2.25. The fourth-order valence-electron chi connectivity index (χ4n) is 1.81. The van der Waals surface area contributed by atoms with E-state index in [1.54, 1.807) is 26.8 Å². The SMILES string of the molecule is CC(C)(C)C(=O)Nc1nnc(S(=O)(=O)NCCSCc2c(F)cccc2Cl)s1. The zero-order valence-electron chi connectivity index (χ0n) is 15.5. The lowest BCUT2D eigenvalue weighted by atomic mass is 9.96. The minimum Gasteiger partial charge on any atom is -0.300 e. The Bertz CT molecular complexity index is 925. The Morgan fingerprint density at radius 1 is 1.32 bits per heavy atom. The van der Waals surface area contributed by atoms with Crippen LogP contribution in [0.3, 0.4) is 0 Å². The minimum atomic E-state index is -3.84. The van der Waals surface area contributed by atoms with E-state index in [2.05, 4.69) is 20.2 Å². The molecule has 2 N–H and O–H groups in total. The standard InChI is InChI=1S/C16H20ClFN4O3S3/c1-16(2,3)13(23)20-14-21-22-15(27-14)28(24,25)19-7-8-26-9-10-11(17)5-4-6-12(10)18/h4-6,19H,7-9H2,1-3H3,(H,20,21,23). The summed E-state index contributed by atoms with van der Waals surface area (Å²) in [6.45, 7) is 5.32. The molecule has 2 aromatic rings. The summed E-state index contributed by atoms with van der Waals surface area (Å²) in [7, 11) is -3.84. The first-order chi connectivity index (χ1) is 13.0. The van der Waals surface area contributed by atoms with Crippen LogP contribution in [0.15, 0.2) is 22.5 Å². The number of thioether (sulfide) groups is 1. The predicted octanol–water partition coefficient (Wildman–Crippen LogP) is 3.53. The Morgan fingerprint density at radius 2 is 2.04 bits per heavy atom. The molecule has 0 aliphatic heterocycles. The summed E-state index contributed by atoms with van der Waals surface area (Å²) >= 11 is 8.07. The molecule has 28 heavy (non-hydrogen) atoms. The molecule has 154 valence electrons. The highest BCUT2D eigenvalue weighted by molar-refractivity contribution is 7.98. The zero-order valence-corrected chi connectivity index (χ0v) is 18.7. The maximum atomic E-state index is 13.7. The van der Waals surface area contributed by atoms with Gasteiger partial charge in [-0.05, 0) is 12.1 Å². The zero-order chi connectivity index (χ0) is 20.9. The molecule has 0 unspecified atom stereocenters. The van der Waals surface area contributed by atoms with Gasteiger partial charge in [0.15, 0.2) is 0 Å². The maximum Gasteiger partial charge on any atom is 0.269 e. The summed E-state index contributed by atoms with van der Waals surface area (Å²) in [4.78, 5) is 11.9. The highest BCUT2D eigenvalue weighted by Crippen LogP contribution is 2.24. The monoisotopic (exact) mass is 466 g/mol. The molecule has 0 fully saturated rings. The van der Waals surface area contributed by atoms with E-state index < -0.39 is 15.4 Å². The van der Waals surface area contributed by atoms with Crippen LogP contribution in [0.4, 0.5) is 9.52 Å². The van der Waals surface area contributed by atoms with Gasteiger partial charge in [-0.15, -0.1) is 10.2 Å². The molecule has 0 radical (unpaired) electrons. The second-order valence-electron chi connectivity index (χ2n) is 6.73. The fraction of sp³-hybridized carbons (Fsp3) is 0.438. The minimum absolute atomic E-state index is 0.115. The average molecular weight is 467 g/mol. The molecule has 0 atom stereocenters. The van der Waals surface area contributed by atoms with Crippen molar-refractivity contribution in [3.63, 3.8) is 0 Å². The van der Waals surface area contributed by atoms with Crippen molar-refractivity contribution in [1.82, 2.24) is 14.9 Å². The molecule has 0 saturated carbocycles. The first kappa shape index (κ1) is 23.0. The summed E-state index contributed by atoms with van der Waals surface area (Å²) in [6, 6.07) is 4.46. The number of nitrogens with one attached hydrogen (secondary N) is 2. The van der Waals surface area contributed by atoms with Crippen molar-refractivity contribution in [3.05, 3.63) is 34.6 Å². The lowest BCUT2D eigenvalue weighted by Crippen LogP contribution is -2.27. The first-order valence-electron chi connectivity index (χ1n) is 8.16. The van der Waals surface area contributed by atoms with Crippen LogP contribution in [0.25, 0.3) is 0 Å². The number of rotatable bonds is 8. The molecule has 0 bridgehead atoms. The van der Waals surface area contributed by atoms with Crippen LogP contribution >= 0.6 is 34.7 Å². The Labute approximate surface area is 176 Å². The van der Waals surface area contributed by atoms with Gasteiger partial charge in [-0.25, -0.2) is 17.5 Å². The number of carbonyl (C=O) groups excluding carboxylic acids is 1. The molecule has 0 aliphatic rings. The number of sulfonamides is 1. The molecule has 0 saturated heterocycles. The van der Waals surface area contributed by atoms with Crippen LogP contribution in [-0.4, -0.2) is 36.8 Å². The smallest absolute Gasteiger partial charge is 0.269 e. The Balaban J connectivity index is 1.85. The number of nitrogens with zero attached hydrogens (tertiary/aromatic N) is 2. The lowest BCUT2D eigenvalue weighted by molar-refractivity contribution is -0.123. The third-order valence-corrected chi connectivity index (χ3v) is 7.39. The summed E-state index contributed by atoms with van der Waals surface area (Å²) in [5.74, 6) is 0.0637. The van der Waals surface area contributed by atoms with Gasteiger partial charge in [-0.1, -0.05) is 49.8 Å². The van der Waals surface area contributed by atoms with Crippen LogP contribution in [0.5, 0.6) is 0 Å². The number of aromatic nitrogens is 2. The molecule has 0 aliphatic carbocycles. The normalized spacial score (nSPS) is 12.2. The Morgan fingerprint density at radius 3 is 2.68 bits per heavy atom. The predicted molar refractivity (Wildman–Crippen MR) is 111 cm³/mol. The summed E-state index contributed by atoms with van der Waals surface area (Å²) in [6.07, 6.45) is 0. The summed E-state index contributed by atoms with van der Waals surface area (Å²) < 4.78 is 40.4. The number of anilines is 1. The van der Waals surface area contributed by atoms with E-state index in [-0.39, 0.29) is 27.7 Å². The number of halogens is 2. The molecule has 1 aromatic heterocycles. The van der Waals surface area contributed by atoms with E-state index in [0.29, 0.717) is 22.1 Å². The molecule has 0 spiro atoms. The number of hydrogen-bond acceptors (Lipinski definition) is 7. The number of amides is 1. The molecule has 2 rings (SSSR count). The Kier molecular flexibility index (Phi) is 7.80. The highest BCUT2D eigenvalue weighted by atomic mass is 35.5. The first-order valence-corrected chi connectivity index (χ1v) is 12.0. The second kappa shape index (κ2) is 9.49. The third-order valence-electron chi connectivity index (χ3n) is 3.38. The van der Waals surface area contributed by atoms with E-state index >= 15 is 0 Å². The largest absolute Gasteiger partial charge is 0.300 e. The maximum absolute atomic E-state index is 13.7. The van der Waals surface area contributed by atoms with Crippen molar-refractivity contribution in [2.45, 2.75) is 30.9 Å². The van der Waals surface area contributed by atoms with Crippen molar-refractivity contribution in [1.29, 1.82) is 0 Å². The van der Waals surface area contributed by atoms with Crippen LogP contribution < -0.4 is 10.0 Å². The van der Waals surface area contributed by atoms with E-state index in [1.807, 2.05) is 0 Å². The quantitative estimate of drug-likeness (QED) is 0.456. The molecule has 1 aromatic carbocycles. The third kappa shape index (κ3) is 6.38. The van der Waals surface area contributed by atoms with Gasteiger partial charge >= 0.3 is 0 Å². The van der Waals surface area contributed by atoms with Crippen molar-refractivity contribution in [2.24, 2.45) is 5.41 Å². The van der Waals surface area contributed by atoms with Gasteiger partial charge in [-0.3, -0.25) is 4.79 Å². The van der Waals surface area contributed by atoms with Gasteiger partial charge in [0.05, 0.1) is 0 Å². The van der Waals surface area contributed by atoms with E-state index in [4.69, 9.17) is 11.6 Å². The van der Waals surface area contributed by atoms with Gasteiger partial charge in [0.25, 0.3) is 10.0 Å². The molecule has 7 nitrogen and oxygen atoms in total. The molecular weight excluding hydrogens is 447 g/mol. The second-order valence-corrected chi connectivity index (χ2v) is 11.2. The molecule has 1 amide bonds. The molecule has 12 heteroatoms. The van der Waals surface area contributed by atoms with E-state index in [0.717, 1.165) is 11.3 Å². The van der Waals surface area contributed by atoms with Gasteiger partial charge in [-0.2, -0.15) is 11.8 Å². The van der Waals surface area contributed by atoms with Crippen LogP contribution in [0.2, 0.25) is 5.02 Å². The van der Waals surface area contributed by atoms with Gasteiger partial charge in [0.1, 0.15) is 5.82 Å². The van der Waals surface area contributed by atoms with E-state index in [9.17, 15) is 17.6 Å². The van der Waals surface area contributed by atoms with Crippen molar-refractivity contribution in [2.75, 3.05) is 17.6 Å². The molecule has 1 heterocycles. The lowest BCUT2D eigenvalue weighted by Gasteiger charge is -2.15. The van der Waals surface area contributed by atoms with Crippen molar-refractivity contribution < 1.29 is 17.6 Å². The van der Waals surface area contributed by atoms with Crippen molar-refractivity contribution >= 4 is 55.8 Å². The van der Waals surface area contributed by atoms with Crippen LogP contribution in [0.1, 0.15) is 26.3 Å². The van der Waals surface area contributed by atoms with Crippen molar-refractivity contribution in [3.8, 4) is 0 Å². The van der Waals surface area contributed by atoms with Gasteiger partial charge < -0.3 is 5.32 Å². The van der Waals surface area contributed by atoms with E-state index in [1.165, 1.54) is 23.9 Å². The van der Waals surface area contributed by atoms with Gasteiger partial charge in [0.2, 0.25) is 15.4 Å². The molecular formula is C16H20ClFN4O3S3. The summed E-state index contributed by atoms with van der Waals surface area (Å²) in [5, 5.41) is 10.3. The topological polar surface area (TPSA) is 101 Å². The van der Waals surface area contributed by atoms with Crippen LogP contribution in [0, 0.1) is 11.2 Å². The average Bonchev–Trinajstić information content (AvgIpc) is 3.05. The number of carbonyl (C=O) groups is 1. The summed E-state index contributed by atoms with van der Waals surface area (Å²) in [5.41, 5.74) is -0.248. The number of hydrogen-bond donors (Lipinski definition) is 2. The van der Waals surface area contributed by atoms with Crippen LogP contribution in [-0.2, 0) is 20.6 Å². The Hall–Kier alpha value is -1.27.